The summed E-state index contributed by atoms with van der Waals surface area (Å²) in [6.07, 6.45) is 0. The Morgan fingerprint density at radius 3 is 2.43 bits per heavy atom. The Kier molecular flexibility index (Phi) is 7.51. The minimum Gasteiger partial charge on any atom is -0.493 e. The van der Waals surface area contributed by atoms with Gasteiger partial charge in [-0.1, -0.05) is 35.3 Å². The van der Waals surface area contributed by atoms with Gasteiger partial charge in [0.05, 0.1) is 22.3 Å². The van der Waals surface area contributed by atoms with Crippen LogP contribution in [0.4, 0.5) is 10.1 Å². The van der Waals surface area contributed by atoms with E-state index in [2.05, 4.69) is 42.6 Å². The largest absolute Gasteiger partial charge is 0.493 e. The Hall–Kier alpha value is -3.32. The van der Waals surface area contributed by atoms with Crippen LogP contribution in [-0.4, -0.2) is 12.1 Å². The van der Waals surface area contributed by atoms with Crippen molar-refractivity contribution >= 4 is 50.4 Å². The molecule has 1 heterocycles. The first-order valence-corrected chi connectivity index (χ1v) is 13.1. The highest BCUT2D eigenvalue weighted by atomic mass is 35.5. The molecule has 0 aliphatic carbocycles. The van der Waals surface area contributed by atoms with Gasteiger partial charge in [0.1, 0.15) is 17.4 Å². The summed E-state index contributed by atoms with van der Waals surface area (Å²) < 4.78 is 25.9. The van der Waals surface area contributed by atoms with Crippen LogP contribution in [0.5, 0.6) is 11.5 Å². The summed E-state index contributed by atoms with van der Waals surface area (Å²) >= 11 is 14.4. The molecule has 0 saturated heterocycles. The molecule has 0 aliphatic rings. The SMILES string of the molecule is COc1cc(CNc2ccc(-c3nc4ccc(C)cc4s3)cc2)c(Cl)cc1OCc1ccc(F)cc1Cl. The van der Waals surface area contributed by atoms with Gasteiger partial charge in [-0.15, -0.1) is 11.3 Å². The molecule has 4 aromatic carbocycles. The average Bonchev–Trinajstić information content (AvgIpc) is 3.31. The number of aromatic nitrogens is 1. The Labute approximate surface area is 228 Å². The number of nitrogens with one attached hydrogen (secondary N) is 1. The van der Waals surface area contributed by atoms with Crippen molar-refractivity contribution in [1.29, 1.82) is 0 Å². The van der Waals surface area contributed by atoms with Crippen molar-refractivity contribution < 1.29 is 13.9 Å². The molecule has 0 bridgehead atoms. The predicted octanol–water partition coefficient (Wildman–Crippen LogP) is 8.92. The highest BCUT2D eigenvalue weighted by Crippen LogP contribution is 2.35. The molecule has 1 aromatic heterocycles. The molecule has 0 amide bonds. The summed E-state index contributed by atoms with van der Waals surface area (Å²) in [6, 6.07) is 22.2. The maximum Gasteiger partial charge on any atom is 0.163 e. The van der Waals surface area contributed by atoms with Crippen molar-refractivity contribution in [3.63, 3.8) is 0 Å². The number of hydrogen-bond donors (Lipinski definition) is 1. The van der Waals surface area contributed by atoms with E-state index in [9.17, 15) is 4.39 Å². The molecule has 37 heavy (non-hydrogen) atoms. The second-order valence-corrected chi connectivity index (χ2v) is 10.4. The topological polar surface area (TPSA) is 43.4 Å². The van der Waals surface area contributed by atoms with E-state index in [0.717, 1.165) is 27.3 Å². The standard InChI is InChI=1S/C29H23Cl2FN2O2S/c1-17-3-10-25-28(11-17)37-29(34-25)18-5-8-22(9-6-18)33-15-20-12-26(35-2)27(14-24(20)31)36-16-19-4-7-21(32)13-23(19)30/h3-14,33H,15-16H2,1-2H3. The maximum atomic E-state index is 13.3. The number of aryl methyl sites for hydroxylation is 1. The van der Waals surface area contributed by atoms with E-state index >= 15 is 0 Å². The van der Waals surface area contributed by atoms with Gasteiger partial charge in [-0.2, -0.15) is 0 Å². The molecule has 0 aliphatic heterocycles. The minimum absolute atomic E-state index is 0.157. The van der Waals surface area contributed by atoms with Crippen molar-refractivity contribution in [2.24, 2.45) is 0 Å². The molecule has 0 saturated carbocycles. The summed E-state index contributed by atoms with van der Waals surface area (Å²) in [6.45, 7) is 2.74. The zero-order chi connectivity index (χ0) is 25.9. The quantitative estimate of drug-likeness (QED) is 0.208. The van der Waals surface area contributed by atoms with Gasteiger partial charge in [-0.3, -0.25) is 0 Å². The highest BCUT2D eigenvalue weighted by molar-refractivity contribution is 7.21. The number of nitrogens with zero attached hydrogens (tertiary/aromatic N) is 1. The van der Waals surface area contributed by atoms with E-state index in [-0.39, 0.29) is 6.61 Å². The summed E-state index contributed by atoms with van der Waals surface area (Å²) in [5.41, 5.74) is 5.81. The maximum absolute atomic E-state index is 13.3. The van der Waals surface area contributed by atoms with Crippen LogP contribution >= 0.6 is 34.5 Å². The Morgan fingerprint density at radius 1 is 0.892 bits per heavy atom. The molecule has 0 atom stereocenters. The first-order valence-electron chi connectivity index (χ1n) is 11.5. The molecule has 0 fully saturated rings. The molecule has 5 rings (SSSR count). The van der Waals surface area contributed by atoms with Gasteiger partial charge in [0.2, 0.25) is 0 Å². The molecular formula is C29H23Cl2FN2O2S. The minimum atomic E-state index is -0.396. The molecule has 5 aromatic rings. The lowest BCUT2D eigenvalue weighted by atomic mass is 10.1. The van der Waals surface area contributed by atoms with Crippen LogP contribution in [0.2, 0.25) is 10.0 Å². The zero-order valence-corrected chi connectivity index (χ0v) is 22.5. The number of methoxy groups -OCH3 is 1. The monoisotopic (exact) mass is 552 g/mol. The summed E-state index contributed by atoms with van der Waals surface area (Å²) in [4.78, 5) is 4.76. The van der Waals surface area contributed by atoms with Crippen molar-refractivity contribution in [3.05, 3.63) is 105 Å². The molecule has 188 valence electrons. The van der Waals surface area contributed by atoms with Crippen molar-refractivity contribution in [1.82, 2.24) is 4.98 Å². The molecule has 4 nitrogen and oxygen atoms in total. The Balaban J connectivity index is 1.26. The van der Waals surface area contributed by atoms with Crippen LogP contribution in [0.1, 0.15) is 16.7 Å². The van der Waals surface area contributed by atoms with Crippen LogP contribution < -0.4 is 14.8 Å². The molecule has 0 unspecified atom stereocenters. The van der Waals surface area contributed by atoms with E-state index in [1.54, 1.807) is 30.6 Å². The van der Waals surface area contributed by atoms with E-state index < -0.39 is 5.82 Å². The smallest absolute Gasteiger partial charge is 0.163 e. The van der Waals surface area contributed by atoms with Crippen molar-refractivity contribution in [2.75, 3.05) is 12.4 Å². The number of hydrogen-bond acceptors (Lipinski definition) is 5. The first kappa shape index (κ1) is 25.3. The third-order valence-electron chi connectivity index (χ3n) is 5.89. The number of ether oxygens (including phenoxy) is 2. The number of halogens is 3. The van der Waals surface area contributed by atoms with Gasteiger partial charge in [0, 0.05) is 34.4 Å². The highest BCUT2D eigenvalue weighted by Gasteiger charge is 2.13. The second kappa shape index (κ2) is 11.0. The summed E-state index contributed by atoms with van der Waals surface area (Å²) in [5.74, 6) is 0.626. The van der Waals surface area contributed by atoms with Crippen molar-refractivity contribution in [3.8, 4) is 22.1 Å². The van der Waals surface area contributed by atoms with Gasteiger partial charge in [-0.25, -0.2) is 9.37 Å². The van der Waals surface area contributed by atoms with Crippen molar-refractivity contribution in [2.45, 2.75) is 20.1 Å². The number of rotatable bonds is 8. The number of anilines is 1. The fraction of sp³-hybridized carbons (Fsp3) is 0.138. The van der Waals surface area contributed by atoms with E-state index in [4.69, 9.17) is 37.7 Å². The van der Waals surface area contributed by atoms with Gasteiger partial charge in [-0.05, 0) is 72.6 Å². The molecular weight excluding hydrogens is 530 g/mol. The van der Waals surface area contributed by atoms with Crippen LogP contribution in [0.3, 0.4) is 0 Å². The number of thiazole rings is 1. The van der Waals surface area contributed by atoms with E-state index in [0.29, 0.717) is 33.7 Å². The van der Waals surface area contributed by atoms with Gasteiger partial charge in [0.25, 0.3) is 0 Å². The zero-order valence-electron chi connectivity index (χ0n) is 20.1. The van der Waals surface area contributed by atoms with Crippen LogP contribution in [0.15, 0.2) is 72.8 Å². The number of fused-ring (bicyclic) bond motifs is 1. The first-order chi connectivity index (χ1) is 17.9. The van der Waals surface area contributed by atoms with E-state index in [1.807, 2.05) is 18.2 Å². The van der Waals surface area contributed by atoms with Crippen LogP contribution in [-0.2, 0) is 13.2 Å². The molecule has 0 radical (unpaired) electrons. The lowest BCUT2D eigenvalue weighted by Gasteiger charge is -2.15. The lowest BCUT2D eigenvalue weighted by molar-refractivity contribution is 0.284. The fourth-order valence-corrected chi connectivity index (χ4v) is 5.37. The number of benzene rings is 4. The van der Waals surface area contributed by atoms with Crippen LogP contribution in [0.25, 0.3) is 20.8 Å². The Morgan fingerprint density at radius 2 is 1.68 bits per heavy atom. The third-order valence-corrected chi connectivity index (χ3v) is 7.66. The lowest BCUT2D eigenvalue weighted by Crippen LogP contribution is -2.03. The second-order valence-electron chi connectivity index (χ2n) is 8.54. The van der Waals surface area contributed by atoms with Gasteiger partial charge >= 0.3 is 0 Å². The molecule has 8 heteroatoms. The third kappa shape index (κ3) is 5.82. The van der Waals surface area contributed by atoms with Gasteiger partial charge < -0.3 is 14.8 Å². The average molecular weight is 553 g/mol. The summed E-state index contributed by atoms with van der Waals surface area (Å²) in [7, 11) is 1.57. The Bertz CT molecular complexity index is 1570. The van der Waals surface area contributed by atoms with Gasteiger partial charge in [0.15, 0.2) is 11.5 Å². The molecule has 1 N–H and O–H groups in total. The van der Waals surface area contributed by atoms with E-state index in [1.165, 1.54) is 22.4 Å². The predicted molar refractivity (Wildman–Crippen MR) is 151 cm³/mol. The molecule has 0 spiro atoms. The normalized spacial score (nSPS) is 11.1. The summed E-state index contributed by atoms with van der Waals surface area (Å²) in [5, 5.41) is 5.24. The fourth-order valence-electron chi connectivity index (χ4n) is 3.86. The van der Waals surface area contributed by atoms with Crippen LogP contribution in [0, 0.1) is 12.7 Å².